The fourth-order valence-corrected chi connectivity index (χ4v) is 1.50. The Labute approximate surface area is 86.3 Å². The Bertz CT molecular complexity index is 311. The second kappa shape index (κ2) is 5.04. The van der Waals surface area contributed by atoms with E-state index in [0.29, 0.717) is 11.7 Å². The number of ether oxygens (including phenoxy) is 1. The first-order valence-electron chi connectivity index (χ1n) is 4.13. The molecule has 1 aromatic heterocycles. The highest BCUT2D eigenvalue weighted by molar-refractivity contribution is 7.13. The molecule has 0 aliphatic rings. The maximum Gasteiger partial charge on any atom is 0.242 e. The van der Waals surface area contributed by atoms with Gasteiger partial charge in [-0.15, -0.1) is 11.3 Å². The number of amides is 1. The zero-order valence-electron chi connectivity index (χ0n) is 8.11. The summed E-state index contributed by atoms with van der Waals surface area (Å²) in [6.45, 7) is 2.07. The molecule has 0 spiro atoms. The summed E-state index contributed by atoms with van der Waals surface area (Å²) >= 11 is 1.36. The molecular formula is C8H13N3O2S. The summed E-state index contributed by atoms with van der Waals surface area (Å²) < 4.78 is 4.90. The van der Waals surface area contributed by atoms with E-state index in [1.807, 2.05) is 5.38 Å². The van der Waals surface area contributed by atoms with E-state index in [2.05, 4.69) is 10.3 Å². The van der Waals surface area contributed by atoms with Crippen molar-refractivity contribution >= 4 is 22.4 Å². The Kier molecular flexibility index (Phi) is 3.99. The van der Waals surface area contributed by atoms with Gasteiger partial charge in [0.25, 0.3) is 0 Å². The molecule has 0 radical (unpaired) electrons. The van der Waals surface area contributed by atoms with Gasteiger partial charge in [0.05, 0.1) is 18.3 Å². The van der Waals surface area contributed by atoms with Crippen molar-refractivity contribution in [3.05, 3.63) is 11.1 Å². The largest absolute Gasteiger partial charge is 0.378 e. The van der Waals surface area contributed by atoms with E-state index in [1.165, 1.54) is 11.3 Å². The number of hydrogen-bond donors (Lipinski definition) is 2. The number of carbonyl (C=O) groups excluding carboxylic acids is 1. The molecule has 5 nitrogen and oxygen atoms in total. The Hall–Kier alpha value is -0.980. The molecular weight excluding hydrogens is 202 g/mol. The molecule has 1 atom stereocenters. The predicted octanol–water partition coefficient (Wildman–Crippen LogP) is 0.575. The zero-order valence-corrected chi connectivity index (χ0v) is 8.93. The number of nitrogens with two attached hydrogens (primary N) is 1. The SMILES string of the molecule is COCc1csc(NC(=O)C(C)N)n1. The van der Waals surface area contributed by atoms with Crippen molar-refractivity contribution < 1.29 is 9.53 Å². The minimum atomic E-state index is -0.523. The van der Waals surface area contributed by atoms with Gasteiger partial charge in [-0.05, 0) is 6.92 Å². The Morgan fingerprint density at radius 1 is 1.86 bits per heavy atom. The van der Waals surface area contributed by atoms with Crippen LogP contribution in [0.3, 0.4) is 0 Å². The van der Waals surface area contributed by atoms with E-state index >= 15 is 0 Å². The number of rotatable bonds is 4. The fourth-order valence-electron chi connectivity index (χ4n) is 0.798. The molecule has 1 unspecified atom stereocenters. The van der Waals surface area contributed by atoms with Crippen LogP contribution in [0.1, 0.15) is 12.6 Å². The summed E-state index contributed by atoms with van der Waals surface area (Å²) in [5, 5.41) is 5.00. The van der Waals surface area contributed by atoms with E-state index in [-0.39, 0.29) is 5.91 Å². The maximum atomic E-state index is 11.2. The van der Waals surface area contributed by atoms with Crippen molar-refractivity contribution in [2.45, 2.75) is 19.6 Å². The average Bonchev–Trinajstić information content (AvgIpc) is 2.53. The van der Waals surface area contributed by atoms with Crippen LogP contribution in [-0.4, -0.2) is 24.0 Å². The molecule has 6 heteroatoms. The topological polar surface area (TPSA) is 77.2 Å². The summed E-state index contributed by atoms with van der Waals surface area (Å²) in [4.78, 5) is 15.3. The Morgan fingerprint density at radius 2 is 2.57 bits per heavy atom. The van der Waals surface area contributed by atoms with Gasteiger partial charge in [-0.3, -0.25) is 4.79 Å². The molecule has 1 heterocycles. The van der Waals surface area contributed by atoms with Gasteiger partial charge in [0, 0.05) is 12.5 Å². The van der Waals surface area contributed by atoms with E-state index in [4.69, 9.17) is 10.5 Å². The lowest BCUT2D eigenvalue weighted by atomic mass is 10.3. The summed E-state index contributed by atoms with van der Waals surface area (Å²) in [7, 11) is 1.60. The van der Waals surface area contributed by atoms with Gasteiger partial charge in [0.2, 0.25) is 5.91 Å². The molecule has 0 fully saturated rings. The molecule has 0 aliphatic carbocycles. The molecule has 0 aliphatic heterocycles. The molecule has 0 aromatic carbocycles. The van der Waals surface area contributed by atoms with Gasteiger partial charge in [-0.25, -0.2) is 4.98 Å². The third-order valence-corrected chi connectivity index (χ3v) is 2.29. The number of thiazole rings is 1. The standard InChI is InChI=1S/C8H13N3O2S/c1-5(9)7(12)11-8-10-6(3-13-2)4-14-8/h4-5H,3,9H2,1-2H3,(H,10,11,12). The van der Waals surface area contributed by atoms with Crippen molar-refractivity contribution in [1.82, 2.24) is 4.98 Å². The third-order valence-electron chi connectivity index (χ3n) is 1.49. The van der Waals surface area contributed by atoms with Crippen molar-refractivity contribution in [2.75, 3.05) is 12.4 Å². The molecule has 0 saturated heterocycles. The molecule has 3 N–H and O–H groups in total. The molecule has 1 rings (SSSR count). The first-order chi connectivity index (χ1) is 6.63. The lowest BCUT2D eigenvalue weighted by molar-refractivity contribution is -0.117. The van der Waals surface area contributed by atoms with Crippen LogP contribution in [0.15, 0.2) is 5.38 Å². The zero-order chi connectivity index (χ0) is 10.6. The number of carbonyl (C=O) groups is 1. The van der Waals surface area contributed by atoms with Crippen LogP contribution in [0.2, 0.25) is 0 Å². The van der Waals surface area contributed by atoms with Crippen LogP contribution < -0.4 is 11.1 Å². The van der Waals surface area contributed by atoms with E-state index in [9.17, 15) is 4.79 Å². The monoisotopic (exact) mass is 215 g/mol. The summed E-state index contributed by atoms with van der Waals surface area (Å²) in [6.07, 6.45) is 0. The van der Waals surface area contributed by atoms with Crippen LogP contribution in [0.4, 0.5) is 5.13 Å². The van der Waals surface area contributed by atoms with Crippen molar-refractivity contribution in [1.29, 1.82) is 0 Å². The second-order valence-electron chi connectivity index (χ2n) is 2.85. The first-order valence-corrected chi connectivity index (χ1v) is 5.01. The highest BCUT2D eigenvalue weighted by atomic mass is 32.1. The van der Waals surface area contributed by atoms with Crippen LogP contribution in [0.25, 0.3) is 0 Å². The predicted molar refractivity (Wildman–Crippen MR) is 55.1 cm³/mol. The van der Waals surface area contributed by atoms with Crippen molar-refractivity contribution in [2.24, 2.45) is 5.73 Å². The number of methoxy groups -OCH3 is 1. The van der Waals surface area contributed by atoms with Crippen LogP contribution in [-0.2, 0) is 16.1 Å². The summed E-state index contributed by atoms with van der Waals surface area (Å²) in [6, 6.07) is -0.523. The van der Waals surface area contributed by atoms with Gasteiger partial charge in [-0.1, -0.05) is 0 Å². The van der Waals surface area contributed by atoms with E-state index in [1.54, 1.807) is 14.0 Å². The quantitative estimate of drug-likeness (QED) is 0.770. The number of anilines is 1. The molecule has 78 valence electrons. The lowest BCUT2D eigenvalue weighted by Gasteiger charge is -2.03. The second-order valence-corrected chi connectivity index (χ2v) is 3.71. The fraction of sp³-hybridized carbons (Fsp3) is 0.500. The Balaban J connectivity index is 2.55. The van der Waals surface area contributed by atoms with Crippen LogP contribution >= 0.6 is 11.3 Å². The minimum Gasteiger partial charge on any atom is -0.378 e. The van der Waals surface area contributed by atoms with Crippen LogP contribution in [0, 0.1) is 0 Å². The molecule has 0 saturated carbocycles. The summed E-state index contributed by atoms with van der Waals surface area (Å²) in [5.74, 6) is -0.233. The number of nitrogens with one attached hydrogen (secondary N) is 1. The van der Waals surface area contributed by atoms with Gasteiger partial charge in [0.1, 0.15) is 0 Å². The number of aromatic nitrogens is 1. The maximum absolute atomic E-state index is 11.2. The van der Waals surface area contributed by atoms with Gasteiger partial charge in [-0.2, -0.15) is 0 Å². The average molecular weight is 215 g/mol. The molecule has 0 bridgehead atoms. The molecule has 1 aromatic rings. The normalized spacial score (nSPS) is 12.5. The van der Waals surface area contributed by atoms with Crippen molar-refractivity contribution in [3.8, 4) is 0 Å². The minimum absolute atomic E-state index is 0.233. The highest BCUT2D eigenvalue weighted by Gasteiger charge is 2.09. The Morgan fingerprint density at radius 3 is 3.14 bits per heavy atom. The summed E-state index contributed by atoms with van der Waals surface area (Å²) in [5.41, 5.74) is 6.19. The van der Waals surface area contributed by atoms with E-state index in [0.717, 1.165) is 5.69 Å². The first kappa shape index (κ1) is 11.1. The van der Waals surface area contributed by atoms with Gasteiger partial charge >= 0.3 is 0 Å². The third kappa shape index (κ3) is 3.06. The smallest absolute Gasteiger partial charge is 0.242 e. The highest BCUT2D eigenvalue weighted by Crippen LogP contribution is 2.15. The van der Waals surface area contributed by atoms with Gasteiger partial charge in [0.15, 0.2) is 5.13 Å². The van der Waals surface area contributed by atoms with Crippen LogP contribution in [0.5, 0.6) is 0 Å². The van der Waals surface area contributed by atoms with Gasteiger partial charge < -0.3 is 15.8 Å². The molecule has 1 amide bonds. The van der Waals surface area contributed by atoms with E-state index < -0.39 is 6.04 Å². The lowest BCUT2D eigenvalue weighted by Crippen LogP contribution is -2.32. The molecule has 14 heavy (non-hydrogen) atoms. The number of hydrogen-bond acceptors (Lipinski definition) is 5. The number of nitrogens with zero attached hydrogens (tertiary/aromatic N) is 1. The van der Waals surface area contributed by atoms with Crippen molar-refractivity contribution in [3.63, 3.8) is 0 Å².